The van der Waals surface area contributed by atoms with Crippen molar-refractivity contribution >= 4 is 18.0 Å². The molecule has 0 aliphatic carbocycles. The lowest BCUT2D eigenvalue weighted by molar-refractivity contribution is 0.660. The zero-order valence-electron chi connectivity index (χ0n) is 20.2. The van der Waals surface area contributed by atoms with Gasteiger partial charge in [0.1, 0.15) is 5.54 Å². The van der Waals surface area contributed by atoms with Crippen LogP contribution in [0.3, 0.4) is 0 Å². The van der Waals surface area contributed by atoms with Gasteiger partial charge in [-0.25, -0.2) is 0 Å². The molecule has 4 rings (SSSR count). The van der Waals surface area contributed by atoms with Gasteiger partial charge in [-0.15, -0.1) is 11.8 Å². The molecule has 0 radical (unpaired) electrons. The lowest BCUT2D eigenvalue weighted by Gasteiger charge is -2.31. The van der Waals surface area contributed by atoms with E-state index in [1.165, 1.54) is 11.3 Å². The Kier molecular flexibility index (Phi) is 8.98. The molecule has 0 bridgehead atoms. The Morgan fingerprint density at radius 1 is 0.714 bits per heavy atom. The lowest BCUT2D eigenvalue weighted by Crippen LogP contribution is -2.27. The second kappa shape index (κ2) is 12.8. The predicted octanol–water partition coefficient (Wildman–Crippen LogP) is 8.40. The molecule has 0 aliphatic rings. The molecular weight excluding hydrogens is 442 g/mol. The Labute approximate surface area is 214 Å². The third kappa shape index (κ3) is 6.32. The predicted molar refractivity (Wildman–Crippen MR) is 151 cm³/mol. The van der Waals surface area contributed by atoms with Crippen LogP contribution in [0, 0.1) is 11.8 Å². The maximum Gasteiger partial charge on any atom is 0.136 e. The Balaban J connectivity index is 1.74. The summed E-state index contributed by atoms with van der Waals surface area (Å²) >= 11 is 1.84. The molecule has 0 aliphatic heterocycles. The van der Waals surface area contributed by atoms with Crippen molar-refractivity contribution in [1.82, 2.24) is 0 Å². The molecule has 0 amide bonds. The van der Waals surface area contributed by atoms with E-state index >= 15 is 0 Å². The first-order valence-electron chi connectivity index (χ1n) is 12.3. The highest BCUT2D eigenvalue weighted by Crippen LogP contribution is 2.40. The number of nitrogens with zero attached hydrogens (tertiary/aromatic N) is 1. The normalized spacial score (nSPS) is 12.1. The van der Waals surface area contributed by atoms with Crippen molar-refractivity contribution in [3.05, 3.63) is 138 Å². The number of hydrogen-bond acceptors (Lipinski definition) is 2. The number of aliphatic imine (C=N–C) groups is 1. The molecule has 1 nitrogen and oxygen atoms in total. The van der Waals surface area contributed by atoms with E-state index in [1.807, 2.05) is 36.2 Å². The van der Waals surface area contributed by atoms with E-state index in [1.54, 1.807) is 0 Å². The Morgan fingerprint density at radius 2 is 1.17 bits per heavy atom. The fraction of sp³-hybridized carbons (Fsp3) is 0.182. The maximum atomic E-state index is 5.22. The van der Waals surface area contributed by atoms with Gasteiger partial charge in [0.05, 0.1) is 11.5 Å². The van der Waals surface area contributed by atoms with E-state index in [4.69, 9.17) is 4.99 Å². The first-order valence-corrected chi connectivity index (χ1v) is 13.1. The zero-order valence-corrected chi connectivity index (χ0v) is 21.0. The summed E-state index contributed by atoms with van der Waals surface area (Å²) in [5, 5.41) is 0.239. The number of unbranched alkanes of at least 4 members (excludes halogenated alkanes) is 1. The molecular formula is C33H31NS. The van der Waals surface area contributed by atoms with Crippen LogP contribution in [0.4, 0.5) is 0 Å². The fourth-order valence-electron chi connectivity index (χ4n) is 4.23. The first kappa shape index (κ1) is 24.6. The molecule has 0 heterocycles. The van der Waals surface area contributed by atoms with Gasteiger partial charge < -0.3 is 0 Å². The molecule has 0 aromatic heterocycles. The van der Waals surface area contributed by atoms with Gasteiger partial charge in [-0.05, 0) is 35.2 Å². The van der Waals surface area contributed by atoms with Crippen LogP contribution in [-0.2, 0) is 5.54 Å². The van der Waals surface area contributed by atoms with Gasteiger partial charge in [0.2, 0.25) is 0 Å². The largest absolute Gasteiger partial charge is 0.263 e. The minimum absolute atomic E-state index is 0.239. The van der Waals surface area contributed by atoms with E-state index < -0.39 is 5.54 Å². The van der Waals surface area contributed by atoms with Gasteiger partial charge in [0.25, 0.3) is 0 Å². The van der Waals surface area contributed by atoms with Crippen molar-refractivity contribution in [3.8, 4) is 11.8 Å². The smallest absolute Gasteiger partial charge is 0.136 e. The van der Waals surface area contributed by atoms with Crippen molar-refractivity contribution in [2.24, 2.45) is 4.99 Å². The molecule has 174 valence electrons. The third-order valence-electron chi connectivity index (χ3n) is 5.98. The number of rotatable bonds is 9. The highest BCUT2D eigenvalue weighted by molar-refractivity contribution is 8.00. The van der Waals surface area contributed by atoms with E-state index in [2.05, 4.69) is 122 Å². The van der Waals surface area contributed by atoms with E-state index in [0.717, 1.165) is 29.5 Å². The number of thioether (sulfide) groups is 1. The van der Waals surface area contributed by atoms with Crippen molar-refractivity contribution in [2.45, 2.75) is 41.9 Å². The summed E-state index contributed by atoms with van der Waals surface area (Å²) in [5.41, 5.74) is 2.70. The SMILES string of the molecule is CCCCC(C#CC=NC(c1ccccc1)(c1ccccc1)c1ccccc1)Sc1ccccc1. The molecule has 0 N–H and O–H groups in total. The van der Waals surface area contributed by atoms with Gasteiger partial charge in [-0.1, -0.05) is 141 Å². The monoisotopic (exact) mass is 473 g/mol. The lowest BCUT2D eigenvalue weighted by atomic mass is 9.77. The van der Waals surface area contributed by atoms with Crippen LogP contribution in [-0.4, -0.2) is 11.5 Å². The van der Waals surface area contributed by atoms with Crippen LogP contribution in [0.25, 0.3) is 0 Å². The van der Waals surface area contributed by atoms with Crippen LogP contribution in [0.2, 0.25) is 0 Å². The molecule has 1 unspecified atom stereocenters. The third-order valence-corrected chi connectivity index (χ3v) is 7.17. The summed E-state index contributed by atoms with van der Waals surface area (Å²) in [7, 11) is 0. The summed E-state index contributed by atoms with van der Waals surface area (Å²) in [6, 6.07) is 42.1. The fourth-order valence-corrected chi connectivity index (χ4v) is 5.29. The highest BCUT2D eigenvalue weighted by Gasteiger charge is 2.35. The van der Waals surface area contributed by atoms with Gasteiger partial charge in [-0.3, -0.25) is 4.99 Å². The second-order valence-electron chi connectivity index (χ2n) is 8.42. The molecule has 2 heteroatoms. The summed E-state index contributed by atoms with van der Waals surface area (Å²) in [5.74, 6) is 6.81. The van der Waals surface area contributed by atoms with Crippen LogP contribution >= 0.6 is 11.8 Å². The Bertz CT molecular complexity index is 1140. The first-order chi connectivity index (χ1) is 17.3. The number of benzene rings is 4. The quantitative estimate of drug-likeness (QED) is 0.103. The topological polar surface area (TPSA) is 12.4 Å². The Morgan fingerprint density at radius 3 is 1.63 bits per heavy atom. The molecule has 4 aromatic rings. The van der Waals surface area contributed by atoms with Crippen LogP contribution in [0.5, 0.6) is 0 Å². The summed E-state index contributed by atoms with van der Waals surface area (Å²) < 4.78 is 0. The standard InChI is InChI=1S/C33H31NS/c1-2-3-23-31(35-32-24-14-7-15-25-32)26-16-27-34-33(28-17-8-4-9-18-28,29-19-10-5-11-20-29)30-21-12-6-13-22-30/h4-15,17-22,24-25,27,31H,2-3,23H2,1H3. The zero-order chi connectivity index (χ0) is 24.2. The minimum Gasteiger partial charge on any atom is -0.263 e. The van der Waals surface area contributed by atoms with Crippen LogP contribution in [0.15, 0.2) is 131 Å². The van der Waals surface area contributed by atoms with E-state index in [9.17, 15) is 0 Å². The second-order valence-corrected chi connectivity index (χ2v) is 9.69. The summed E-state index contributed by atoms with van der Waals surface area (Å²) in [6.07, 6.45) is 5.22. The summed E-state index contributed by atoms with van der Waals surface area (Å²) in [6.45, 7) is 2.23. The molecule has 1 atom stereocenters. The molecule has 4 aromatic carbocycles. The molecule has 0 spiro atoms. The van der Waals surface area contributed by atoms with Gasteiger partial charge in [0.15, 0.2) is 0 Å². The highest BCUT2D eigenvalue weighted by atomic mass is 32.2. The molecule has 0 saturated heterocycles. The van der Waals surface area contributed by atoms with Crippen molar-refractivity contribution < 1.29 is 0 Å². The molecule has 0 saturated carbocycles. The average molecular weight is 474 g/mol. The van der Waals surface area contributed by atoms with Gasteiger partial charge >= 0.3 is 0 Å². The molecule has 35 heavy (non-hydrogen) atoms. The van der Waals surface area contributed by atoms with E-state index in [0.29, 0.717) is 0 Å². The van der Waals surface area contributed by atoms with Crippen LogP contribution in [0.1, 0.15) is 42.9 Å². The molecule has 0 fully saturated rings. The van der Waals surface area contributed by atoms with E-state index in [-0.39, 0.29) is 5.25 Å². The van der Waals surface area contributed by atoms with Gasteiger partial charge in [0, 0.05) is 4.90 Å². The number of hydrogen-bond donors (Lipinski definition) is 0. The van der Waals surface area contributed by atoms with Crippen LogP contribution < -0.4 is 0 Å². The van der Waals surface area contributed by atoms with Gasteiger partial charge in [-0.2, -0.15) is 0 Å². The maximum absolute atomic E-state index is 5.22. The summed E-state index contributed by atoms with van der Waals surface area (Å²) in [4.78, 5) is 6.47. The van der Waals surface area contributed by atoms with Crippen molar-refractivity contribution in [3.63, 3.8) is 0 Å². The average Bonchev–Trinajstić information content (AvgIpc) is 2.94. The minimum atomic E-state index is -0.663. The van der Waals surface area contributed by atoms with Crippen molar-refractivity contribution in [2.75, 3.05) is 0 Å². The Hall–Kier alpha value is -3.54. The van der Waals surface area contributed by atoms with Crippen molar-refractivity contribution in [1.29, 1.82) is 0 Å².